The summed E-state index contributed by atoms with van der Waals surface area (Å²) < 4.78 is 0. The van der Waals surface area contributed by atoms with Crippen LogP contribution < -0.4 is 5.73 Å². The SMILES string of the molecule is N[C@@H]1C=C(CO)[C@@H](O)[C@H]1O. The molecule has 0 aromatic rings. The molecule has 0 amide bonds. The van der Waals surface area contributed by atoms with Gasteiger partial charge in [-0.3, -0.25) is 0 Å². The average molecular weight is 145 g/mol. The minimum absolute atomic E-state index is 0.244. The molecule has 1 rings (SSSR count). The van der Waals surface area contributed by atoms with Crippen molar-refractivity contribution in [2.24, 2.45) is 5.73 Å². The quantitative estimate of drug-likeness (QED) is 0.320. The molecule has 0 saturated heterocycles. The second kappa shape index (κ2) is 2.67. The van der Waals surface area contributed by atoms with E-state index in [4.69, 9.17) is 21.1 Å². The highest BCUT2D eigenvalue weighted by Gasteiger charge is 2.31. The summed E-state index contributed by atoms with van der Waals surface area (Å²) in [6.07, 6.45) is -0.461. The minimum Gasteiger partial charge on any atom is -0.392 e. The zero-order valence-corrected chi connectivity index (χ0v) is 5.44. The Balaban J connectivity index is 2.68. The lowest BCUT2D eigenvalue weighted by Crippen LogP contribution is -2.36. The van der Waals surface area contributed by atoms with E-state index in [1.165, 1.54) is 6.08 Å². The van der Waals surface area contributed by atoms with Gasteiger partial charge in [-0.05, 0) is 5.57 Å². The van der Waals surface area contributed by atoms with Crippen LogP contribution in [0.25, 0.3) is 0 Å². The molecule has 4 nitrogen and oxygen atoms in total. The van der Waals surface area contributed by atoms with Gasteiger partial charge in [-0.25, -0.2) is 0 Å². The van der Waals surface area contributed by atoms with Gasteiger partial charge in [0.15, 0.2) is 0 Å². The molecule has 5 N–H and O–H groups in total. The van der Waals surface area contributed by atoms with E-state index in [0.29, 0.717) is 5.57 Å². The maximum Gasteiger partial charge on any atom is 0.105 e. The molecule has 0 saturated carbocycles. The summed E-state index contributed by atoms with van der Waals surface area (Å²) >= 11 is 0. The summed E-state index contributed by atoms with van der Waals surface area (Å²) in [5, 5.41) is 26.7. The van der Waals surface area contributed by atoms with Crippen molar-refractivity contribution in [2.75, 3.05) is 6.61 Å². The van der Waals surface area contributed by atoms with Gasteiger partial charge in [0.1, 0.15) is 12.2 Å². The molecule has 1 aliphatic carbocycles. The van der Waals surface area contributed by atoms with Crippen LogP contribution in [0.5, 0.6) is 0 Å². The van der Waals surface area contributed by atoms with Crippen molar-refractivity contribution in [3.8, 4) is 0 Å². The maximum atomic E-state index is 9.07. The third-order valence-corrected chi connectivity index (χ3v) is 1.69. The Kier molecular flexibility index (Phi) is 2.05. The lowest BCUT2D eigenvalue weighted by atomic mass is 10.1. The number of hydrogen-bond acceptors (Lipinski definition) is 4. The van der Waals surface area contributed by atoms with Gasteiger partial charge in [-0.2, -0.15) is 0 Å². The van der Waals surface area contributed by atoms with E-state index in [2.05, 4.69) is 0 Å². The first-order valence-electron chi connectivity index (χ1n) is 3.10. The molecule has 0 heterocycles. The fraction of sp³-hybridized carbons (Fsp3) is 0.667. The predicted molar refractivity (Wildman–Crippen MR) is 35.2 cm³/mol. The second-order valence-corrected chi connectivity index (χ2v) is 2.41. The summed E-state index contributed by atoms with van der Waals surface area (Å²) in [7, 11) is 0. The lowest BCUT2D eigenvalue weighted by Gasteiger charge is -2.12. The molecule has 0 fully saturated rings. The maximum absolute atomic E-state index is 9.07. The van der Waals surface area contributed by atoms with E-state index < -0.39 is 18.2 Å². The molecule has 10 heavy (non-hydrogen) atoms. The number of hydrogen-bond donors (Lipinski definition) is 4. The van der Waals surface area contributed by atoms with Crippen molar-refractivity contribution in [3.63, 3.8) is 0 Å². The molecule has 0 aromatic heterocycles. The Hall–Kier alpha value is -0.420. The van der Waals surface area contributed by atoms with Gasteiger partial charge in [0.05, 0.1) is 12.6 Å². The van der Waals surface area contributed by atoms with Crippen molar-refractivity contribution >= 4 is 0 Å². The van der Waals surface area contributed by atoms with Crippen LogP contribution in [-0.4, -0.2) is 40.2 Å². The van der Waals surface area contributed by atoms with Crippen molar-refractivity contribution in [2.45, 2.75) is 18.2 Å². The smallest absolute Gasteiger partial charge is 0.105 e. The number of aliphatic hydroxyl groups excluding tert-OH is 3. The van der Waals surface area contributed by atoms with Crippen molar-refractivity contribution in [3.05, 3.63) is 11.6 Å². The van der Waals surface area contributed by atoms with Gasteiger partial charge in [0, 0.05) is 0 Å². The van der Waals surface area contributed by atoms with Crippen LogP contribution in [0.4, 0.5) is 0 Å². The standard InChI is InChI=1S/C6H11NO3/c7-4-1-3(2-8)5(9)6(4)10/h1,4-6,8-10H,2,7H2/t4-,5-,6+/m1/s1. The topological polar surface area (TPSA) is 86.7 Å². The molecule has 0 unspecified atom stereocenters. The summed E-state index contributed by atoms with van der Waals surface area (Å²) in [4.78, 5) is 0. The van der Waals surface area contributed by atoms with E-state index in [9.17, 15) is 0 Å². The molecular weight excluding hydrogens is 134 g/mol. The number of nitrogens with two attached hydrogens (primary N) is 1. The largest absolute Gasteiger partial charge is 0.392 e. The van der Waals surface area contributed by atoms with Crippen molar-refractivity contribution in [1.29, 1.82) is 0 Å². The van der Waals surface area contributed by atoms with Crippen LogP contribution in [0.15, 0.2) is 11.6 Å². The molecule has 4 heteroatoms. The Morgan fingerprint density at radius 3 is 2.30 bits per heavy atom. The van der Waals surface area contributed by atoms with E-state index in [1.807, 2.05) is 0 Å². The summed E-state index contributed by atoms with van der Waals surface area (Å²) in [6.45, 7) is -0.244. The van der Waals surface area contributed by atoms with Crippen LogP contribution in [-0.2, 0) is 0 Å². The number of aliphatic hydroxyl groups is 3. The molecule has 0 aliphatic heterocycles. The van der Waals surface area contributed by atoms with E-state index in [-0.39, 0.29) is 6.61 Å². The Labute approximate surface area is 58.6 Å². The van der Waals surface area contributed by atoms with E-state index >= 15 is 0 Å². The molecule has 1 aliphatic rings. The van der Waals surface area contributed by atoms with Crippen molar-refractivity contribution in [1.82, 2.24) is 0 Å². The van der Waals surface area contributed by atoms with Crippen LogP contribution in [0.3, 0.4) is 0 Å². The first kappa shape index (κ1) is 7.68. The van der Waals surface area contributed by atoms with Gasteiger partial charge in [0.25, 0.3) is 0 Å². The molecule has 0 radical (unpaired) electrons. The highest BCUT2D eigenvalue weighted by Crippen LogP contribution is 2.17. The monoisotopic (exact) mass is 145 g/mol. The van der Waals surface area contributed by atoms with Gasteiger partial charge in [-0.1, -0.05) is 6.08 Å². The molecule has 0 spiro atoms. The van der Waals surface area contributed by atoms with Crippen LogP contribution in [0, 0.1) is 0 Å². The molecular formula is C6H11NO3. The average Bonchev–Trinajstić information content (AvgIpc) is 2.17. The molecule has 3 atom stereocenters. The lowest BCUT2D eigenvalue weighted by molar-refractivity contribution is 0.0417. The first-order chi connectivity index (χ1) is 4.66. The first-order valence-corrected chi connectivity index (χ1v) is 3.10. The fourth-order valence-corrected chi connectivity index (χ4v) is 1.02. The third kappa shape index (κ3) is 1.06. The van der Waals surface area contributed by atoms with Crippen LogP contribution in [0.2, 0.25) is 0 Å². The Bertz CT molecular complexity index is 157. The summed E-state index contributed by atoms with van der Waals surface area (Å²) in [5.74, 6) is 0. The van der Waals surface area contributed by atoms with Gasteiger partial charge in [0.2, 0.25) is 0 Å². The summed E-state index contributed by atoms with van der Waals surface area (Å²) in [6, 6.07) is -0.544. The highest BCUT2D eigenvalue weighted by atomic mass is 16.3. The molecule has 58 valence electrons. The van der Waals surface area contributed by atoms with Gasteiger partial charge in [-0.15, -0.1) is 0 Å². The van der Waals surface area contributed by atoms with Crippen LogP contribution >= 0.6 is 0 Å². The zero-order valence-electron chi connectivity index (χ0n) is 5.44. The number of rotatable bonds is 1. The summed E-state index contributed by atoms with van der Waals surface area (Å²) in [5.41, 5.74) is 5.74. The fourth-order valence-electron chi connectivity index (χ4n) is 1.02. The van der Waals surface area contributed by atoms with Gasteiger partial charge < -0.3 is 21.1 Å². The van der Waals surface area contributed by atoms with Crippen LogP contribution in [0.1, 0.15) is 0 Å². The molecule has 0 aromatic carbocycles. The second-order valence-electron chi connectivity index (χ2n) is 2.41. The predicted octanol–water partition coefficient (Wildman–Crippen LogP) is -2.03. The molecule has 0 bridgehead atoms. The third-order valence-electron chi connectivity index (χ3n) is 1.69. The van der Waals surface area contributed by atoms with E-state index in [1.54, 1.807) is 0 Å². The Morgan fingerprint density at radius 2 is 2.10 bits per heavy atom. The van der Waals surface area contributed by atoms with E-state index in [0.717, 1.165) is 0 Å². The highest BCUT2D eigenvalue weighted by molar-refractivity contribution is 5.23. The Morgan fingerprint density at radius 1 is 1.50 bits per heavy atom. The zero-order chi connectivity index (χ0) is 7.72. The normalized spacial score (nSPS) is 40.0. The minimum atomic E-state index is -0.986. The van der Waals surface area contributed by atoms with Gasteiger partial charge >= 0.3 is 0 Å². The van der Waals surface area contributed by atoms with Crippen molar-refractivity contribution < 1.29 is 15.3 Å².